The molecule has 0 unspecified atom stereocenters. The van der Waals surface area contributed by atoms with Crippen LogP contribution in [0, 0.1) is 5.92 Å². The molecule has 1 aromatic heterocycles. The zero-order valence-electron chi connectivity index (χ0n) is 9.74. The summed E-state index contributed by atoms with van der Waals surface area (Å²) in [4.78, 5) is 8.03. The van der Waals surface area contributed by atoms with E-state index in [1.54, 1.807) is 0 Å². The molecule has 0 radical (unpaired) electrons. The van der Waals surface area contributed by atoms with Crippen LogP contribution in [0.25, 0.3) is 0 Å². The smallest absolute Gasteiger partial charge is 0.130 e. The van der Waals surface area contributed by atoms with E-state index in [0.717, 1.165) is 30.0 Å². The van der Waals surface area contributed by atoms with Gasteiger partial charge in [0.2, 0.25) is 0 Å². The standard InChI is InChI=1S/C11H18BrN3O/c1-9(2)3-5-16-6-4-13-11-7-10(12)14-8-15-11/h7-9H,3-6H2,1-2H3,(H,13,14,15). The highest BCUT2D eigenvalue weighted by molar-refractivity contribution is 9.10. The van der Waals surface area contributed by atoms with Crippen molar-refractivity contribution in [1.29, 1.82) is 0 Å². The van der Waals surface area contributed by atoms with Crippen LogP contribution < -0.4 is 5.32 Å². The summed E-state index contributed by atoms with van der Waals surface area (Å²) < 4.78 is 6.26. The summed E-state index contributed by atoms with van der Waals surface area (Å²) in [7, 11) is 0. The van der Waals surface area contributed by atoms with Crippen LogP contribution in [-0.4, -0.2) is 29.7 Å². The Balaban J connectivity index is 2.07. The Hall–Kier alpha value is -0.680. The number of nitrogens with zero attached hydrogens (tertiary/aromatic N) is 2. The van der Waals surface area contributed by atoms with E-state index in [0.29, 0.717) is 12.5 Å². The topological polar surface area (TPSA) is 47.0 Å². The highest BCUT2D eigenvalue weighted by Gasteiger charge is 1.96. The zero-order valence-corrected chi connectivity index (χ0v) is 11.3. The highest BCUT2D eigenvalue weighted by Crippen LogP contribution is 2.08. The van der Waals surface area contributed by atoms with E-state index in [2.05, 4.69) is 45.1 Å². The summed E-state index contributed by atoms with van der Waals surface area (Å²) in [6.07, 6.45) is 2.63. The molecular weight excluding hydrogens is 270 g/mol. The molecule has 0 fully saturated rings. The first-order valence-electron chi connectivity index (χ1n) is 5.47. The monoisotopic (exact) mass is 287 g/mol. The minimum atomic E-state index is 0.700. The first-order valence-corrected chi connectivity index (χ1v) is 6.27. The number of ether oxygens (including phenoxy) is 1. The van der Waals surface area contributed by atoms with Crippen LogP contribution in [0.5, 0.6) is 0 Å². The molecule has 90 valence electrons. The SMILES string of the molecule is CC(C)CCOCCNc1cc(Br)ncn1. The van der Waals surface area contributed by atoms with Gasteiger partial charge in [0.1, 0.15) is 16.7 Å². The Morgan fingerprint density at radius 2 is 2.19 bits per heavy atom. The minimum Gasteiger partial charge on any atom is -0.380 e. The number of halogens is 1. The van der Waals surface area contributed by atoms with Crippen molar-refractivity contribution in [2.75, 3.05) is 25.1 Å². The first-order chi connectivity index (χ1) is 7.68. The molecule has 1 heterocycles. The molecular formula is C11H18BrN3O. The quantitative estimate of drug-likeness (QED) is 0.619. The second kappa shape index (κ2) is 7.57. The normalized spacial score (nSPS) is 10.8. The zero-order chi connectivity index (χ0) is 11.8. The Bertz CT molecular complexity index is 307. The van der Waals surface area contributed by atoms with Gasteiger partial charge in [-0.15, -0.1) is 0 Å². The van der Waals surface area contributed by atoms with Gasteiger partial charge in [0.25, 0.3) is 0 Å². The third-order valence-corrected chi connectivity index (χ3v) is 2.46. The van der Waals surface area contributed by atoms with Crippen molar-refractivity contribution in [3.63, 3.8) is 0 Å². The Morgan fingerprint density at radius 3 is 2.88 bits per heavy atom. The van der Waals surface area contributed by atoms with Crippen LogP contribution in [-0.2, 0) is 4.74 Å². The molecule has 1 rings (SSSR count). The van der Waals surface area contributed by atoms with Crippen LogP contribution in [0.3, 0.4) is 0 Å². The number of rotatable bonds is 7. The molecule has 0 aliphatic rings. The molecule has 0 aromatic carbocycles. The van der Waals surface area contributed by atoms with Crippen LogP contribution in [0.15, 0.2) is 17.0 Å². The maximum Gasteiger partial charge on any atom is 0.130 e. The van der Waals surface area contributed by atoms with Crippen molar-refractivity contribution in [3.05, 3.63) is 17.0 Å². The largest absolute Gasteiger partial charge is 0.380 e. The van der Waals surface area contributed by atoms with Crippen LogP contribution >= 0.6 is 15.9 Å². The fourth-order valence-corrected chi connectivity index (χ4v) is 1.41. The van der Waals surface area contributed by atoms with E-state index < -0.39 is 0 Å². The van der Waals surface area contributed by atoms with Gasteiger partial charge in [-0.3, -0.25) is 0 Å². The maximum atomic E-state index is 5.48. The van der Waals surface area contributed by atoms with Crippen molar-refractivity contribution in [2.24, 2.45) is 5.92 Å². The van der Waals surface area contributed by atoms with Crippen LogP contribution in [0.1, 0.15) is 20.3 Å². The summed E-state index contributed by atoms with van der Waals surface area (Å²) in [6.45, 7) is 6.68. The first kappa shape index (κ1) is 13.4. The molecule has 4 nitrogen and oxygen atoms in total. The van der Waals surface area contributed by atoms with Crippen molar-refractivity contribution in [1.82, 2.24) is 9.97 Å². The lowest BCUT2D eigenvalue weighted by atomic mass is 10.1. The summed E-state index contributed by atoms with van der Waals surface area (Å²) >= 11 is 3.29. The number of anilines is 1. The molecule has 16 heavy (non-hydrogen) atoms. The van der Waals surface area contributed by atoms with Gasteiger partial charge in [0.15, 0.2) is 0 Å². The molecule has 0 bridgehead atoms. The van der Waals surface area contributed by atoms with Gasteiger partial charge in [-0.05, 0) is 28.3 Å². The lowest BCUT2D eigenvalue weighted by molar-refractivity contribution is 0.132. The fraction of sp³-hybridized carbons (Fsp3) is 0.636. The second-order valence-electron chi connectivity index (χ2n) is 3.95. The predicted octanol–water partition coefficient (Wildman–Crippen LogP) is 2.71. The third kappa shape index (κ3) is 6.02. The van der Waals surface area contributed by atoms with Crippen molar-refractivity contribution < 1.29 is 4.74 Å². The number of nitrogens with one attached hydrogen (secondary N) is 1. The summed E-state index contributed by atoms with van der Waals surface area (Å²) in [5, 5.41) is 3.17. The Kier molecular flexibility index (Phi) is 6.33. The molecule has 0 aliphatic heterocycles. The summed E-state index contributed by atoms with van der Waals surface area (Å²) in [5.74, 6) is 1.51. The minimum absolute atomic E-state index is 0.700. The molecule has 1 N–H and O–H groups in total. The fourth-order valence-electron chi connectivity index (χ4n) is 1.10. The molecule has 0 aliphatic carbocycles. The van der Waals surface area contributed by atoms with E-state index in [-0.39, 0.29) is 0 Å². The lowest BCUT2D eigenvalue weighted by Gasteiger charge is -2.07. The number of hydrogen-bond acceptors (Lipinski definition) is 4. The van der Waals surface area contributed by atoms with E-state index in [4.69, 9.17) is 4.74 Å². The average Bonchev–Trinajstić information content (AvgIpc) is 2.23. The maximum absolute atomic E-state index is 5.48. The average molecular weight is 288 g/mol. The molecule has 5 heteroatoms. The van der Waals surface area contributed by atoms with Crippen LogP contribution in [0.2, 0.25) is 0 Å². The molecule has 0 saturated heterocycles. The summed E-state index contributed by atoms with van der Waals surface area (Å²) in [5.41, 5.74) is 0. The molecule has 0 saturated carbocycles. The van der Waals surface area contributed by atoms with Crippen molar-refractivity contribution in [2.45, 2.75) is 20.3 Å². The van der Waals surface area contributed by atoms with Crippen molar-refractivity contribution in [3.8, 4) is 0 Å². The molecule has 0 amide bonds. The Labute approximate surface area is 105 Å². The Morgan fingerprint density at radius 1 is 1.38 bits per heavy atom. The van der Waals surface area contributed by atoms with E-state index in [9.17, 15) is 0 Å². The number of aromatic nitrogens is 2. The summed E-state index contributed by atoms with van der Waals surface area (Å²) in [6, 6.07) is 1.84. The molecule has 0 spiro atoms. The van der Waals surface area contributed by atoms with Gasteiger partial charge in [0, 0.05) is 19.2 Å². The molecule has 1 aromatic rings. The van der Waals surface area contributed by atoms with Crippen molar-refractivity contribution >= 4 is 21.7 Å². The van der Waals surface area contributed by atoms with Crippen LogP contribution in [0.4, 0.5) is 5.82 Å². The van der Waals surface area contributed by atoms with Gasteiger partial charge in [-0.25, -0.2) is 9.97 Å². The van der Waals surface area contributed by atoms with E-state index >= 15 is 0 Å². The third-order valence-electron chi connectivity index (χ3n) is 2.03. The van der Waals surface area contributed by atoms with Gasteiger partial charge in [-0.2, -0.15) is 0 Å². The van der Waals surface area contributed by atoms with Gasteiger partial charge < -0.3 is 10.1 Å². The van der Waals surface area contributed by atoms with E-state index in [1.807, 2.05) is 6.07 Å². The number of hydrogen-bond donors (Lipinski definition) is 1. The van der Waals surface area contributed by atoms with Gasteiger partial charge in [0.05, 0.1) is 6.61 Å². The highest BCUT2D eigenvalue weighted by atomic mass is 79.9. The lowest BCUT2D eigenvalue weighted by Crippen LogP contribution is -2.11. The van der Waals surface area contributed by atoms with Gasteiger partial charge in [-0.1, -0.05) is 13.8 Å². The predicted molar refractivity (Wildman–Crippen MR) is 68.5 cm³/mol. The van der Waals surface area contributed by atoms with Gasteiger partial charge >= 0.3 is 0 Å². The second-order valence-corrected chi connectivity index (χ2v) is 4.76. The molecule has 0 atom stereocenters. The van der Waals surface area contributed by atoms with E-state index in [1.165, 1.54) is 6.33 Å².